The zero-order valence-electron chi connectivity index (χ0n) is 9.20. The first-order valence-corrected chi connectivity index (χ1v) is 4.55. The fourth-order valence-electron chi connectivity index (χ4n) is 1.11. The molecule has 8 heteroatoms. The van der Waals surface area contributed by atoms with Crippen molar-refractivity contribution in [3.8, 4) is 0 Å². The summed E-state index contributed by atoms with van der Waals surface area (Å²) in [6.07, 6.45) is 0. The zero-order chi connectivity index (χ0) is 11.6. The van der Waals surface area contributed by atoms with Crippen molar-refractivity contribution in [1.82, 2.24) is 0 Å². The van der Waals surface area contributed by atoms with Gasteiger partial charge in [0.1, 0.15) is 0 Å². The van der Waals surface area contributed by atoms with Crippen LogP contribution >= 0.6 is 23.2 Å². The molecule has 0 saturated carbocycles. The van der Waals surface area contributed by atoms with E-state index in [4.69, 9.17) is 23.2 Å². The fraction of sp³-hybridized carbons (Fsp3) is 0.111. The Balaban J connectivity index is 0. The van der Waals surface area contributed by atoms with Crippen LogP contribution in [0.5, 0.6) is 0 Å². The quantitative estimate of drug-likeness (QED) is 0.410. The number of benzene rings is 1. The number of carboxylic acid groups (broad SMARTS) is 2. The van der Waals surface area contributed by atoms with Gasteiger partial charge in [-0.2, -0.15) is 0 Å². The first-order valence-electron chi connectivity index (χ1n) is 3.79. The van der Waals surface area contributed by atoms with E-state index in [1.165, 1.54) is 18.2 Å². The van der Waals surface area contributed by atoms with Crippen LogP contribution in [0.25, 0.3) is 0 Å². The Morgan fingerprint density at radius 1 is 0.941 bits per heavy atom. The Morgan fingerprint density at radius 2 is 1.29 bits per heavy atom. The predicted octanol–water partition coefficient (Wildman–Crippen LogP) is -6.42. The third kappa shape index (κ3) is 5.94. The summed E-state index contributed by atoms with van der Waals surface area (Å²) in [6.45, 7) is 0. The van der Waals surface area contributed by atoms with Gasteiger partial charge in [0.25, 0.3) is 0 Å². The number of halogens is 2. The normalized spacial score (nSPS) is 9.12. The molecule has 0 aliphatic carbocycles. The minimum absolute atomic E-state index is 0. The molecule has 0 bridgehead atoms. The summed E-state index contributed by atoms with van der Waals surface area (Å²) in [5.74, 6) is -5.41. The molecule has 1 aromatic carbocycles. The predicted molar refractivity (Wildman–Crippen MR) is 49.2 cm³/mol. The van der Waals surface area contributed by atoms with Gasteiger partial charge in [0.05, 0.1) is 17.9 Å². The van der Waals surface area contributed by atoms with E-state index >= 15 is 0 Å². The van der Waals surface area contributed by atoms with E-state index in [1.807, 2.05) is 0 Å². The monoisotopic (exact) mass is 292 g/mol. The number of rotatable bonds is 3. The van der Waals surface area contributed by atoms with E-state index in [-0.39, 0.29) is 74.7 Å². The van der Waals surface area contributed by atoms with Crippen molar-refractivity contribution in [2.24, 2.45) is 0 Å². The van der Waals surface area contributed by atoms with Crippen LogP contribution in [-0.4, -0.2) is 11.9 Å². The molecule has 0 atom stereocenters. The van der Waals surface area contributed by atoms with Gasteiger partial charge in [-0.1, -0.05) is 23.2 Å². The molecule has 80 valence electrons. The summed E-state index contributed by atoms with van der Waals surface area (Å²) in [7, 11) is 0. The molecule has 1 aromatic rings. The molecule has 0 aromatic heterocycles. The van der Waals surface area contributed by atoms with Gasteiger partial charge in [0.2, 0.25) is 0 Å². The van der Waals surface area contributed by atoms with Gasteiger partial charge < -0.3 is 19.8 Å². The first-order chi connectivity index (χ1) is 6.91. The molecule has 1 rings (SSSR count). The molecule has 0 spiro atoms. The summed E-state index contributed by atoms with van der Waals surface area (Å²) in [6, 6.07) is 3.72. The van der Waals surface area contributed by atoms with E-state index in [9.17, 15) is 19.8 Å². The molecular formula is C9H4Cl2Na2O4. The van der Waals surface area contributed by atoms with Gasteiger partial charge in [0.15, 0.2) is 0 Å². The average Bonchev–Trinajstić information content (AvgIpc) is 1.99. The van der Waals surface area contributed by atoms with E-state index < -0.39 is 17.9 Å². The topological polar surface area (TPSA) is 80.3 Å². The van der Waals surface area contributed by atoms with Crippen molar-refractivity contribution in [2.45, 2.75) is 5.92 Å². The van der Waals surface area contributed by atoms with E-state index in [2.05, 4.69) is 0 Å². The van der Waals surface area contributed by atoms with Crippen LogP contribution in [0.4, 0.5) is 0 Å². The van der Waals surface area contributed by atoms with Gasteiger partial charge in [-0.3, -0.25) is 0 Å². The molecule has 0 radical (unpaired) electrons. The Hall–Kier alpha value is 0.740. The number of carbonyl (C=O) groups is 2. The first kappa shape index (κ1) is 20.1. The van der Waals surface area contributed by atoms with E-state index in [1.54, 1.807) is 0 Å². The van der Waals surface area contributed by atoms with Crippen LogP contribution in [0.1, 0.15) is 11.5 Å². The Morgan fingerprint density at radius 3 is 1.59 bits per heavy atom. The largest absolute Gasteiger partial charge is 1.00 e. The maximum atomic E-state index is 10.5. The summed E-state index contributed by atoms with van der Waals surface area (Å²) in [5.41, 5.74) is -0.0764. The second-order valence-electron chi connectivity index (χ2n) is 2.77. The minimum atomic E-state index is -1.87. The number of hydrogen-bond acceptors (Lipinski definition) is 4. The SMILES string of the molecule is O=C([O-])C(C(=O)[O-])c1cc(Cl)cc(Cl)c1.[Na+].[Na+]. The minimum Gasteiger partial charge on any atom is -0.549 e. The standard InChI is InChI=1S/C9H6Cl2O4.2Na/c10-5-1-4(2-6(11)3-5)7(8(12)13)9(14)15;;/h1-3,7H,(H,12,13)(H,14,15);;/q;2*+1/p-2. The van der Waals surface area contributed by atoms with Crippen LogP contribution in [0.15, 0.2) is 18.2 Å². The van der Waals surface area contributed by atoms with Crippen LogP contribution in [0.3, 0.4) is 0 Å². The van der Waals surface area contributed by atoms with Crippen molar-refractivity contribution in [1.29, 1.82) is 0 Å². The maximum absolute atomic E-state index is 10.5. The maximum Gasteiger partial charge on any atom is 1.00 e. The average molecular weight is 293 g/mol. The Bertz CT molecular complexity index is 391. The summed E-state index contributed by atoms with van der Waals surface area (Å²) in [4.78, 5) is 21.1. The summed E-state index contributed by atoms with van der Waals surface area (Å²) in [5, 5.41) is 21.4. The number of hydrogen-bond donors (Lipinski definition) is 0. The van der Waals surface area contributed by atoms with E-state index in [0.717, 1.165) is 0 Å². The van der Waals surface area contributed by atoms with Gasteiger partial charge in [0, 0.05) is 10.0 Å². The zero-order valence-corrected chi connectivity index (χ0v) is 14.7. The van der Waals surface area contributed by atoms with Crippen molar-refractivity contribution in [2.75, 3.05) is 0 Å². The molecule has 0 unspecified atom stereocenters. The van der Waals surface area contributed by atoms with Crippen LogP contribution < -0.4 is 69.3 Å². The molecule has 0 fully saturated rings. The second kappa shape index (κ2) is 8.77. The Labute approximate surface area is 152 Å². The Kier molecular flexibility index (Phi) is 10.4. The molecule has 0 aliphatic heterocycles. The molecule has 4 nitrogen and oxygen atoms in total. The number of carboxylic acids is 2. The van der Waals surface area contributed by atoms with Gasteiger partial charge in [-0.15, -0.1) is 0 Å². The summed E-state index contributed by atoms with van der Waals surface area (Å²) >= 11 is 11.2. The molecule has 0 saturated heterocycles. The molecular weight excluding hydrogens is 289 g/mol. The van der Waals surface area contributed by atoms with Crippen molar-refractivity contribution >= 4 is 35.1 Å². The second-order valence-corrected chi connectivity index (χ2v) is 3.65. The summed E-state index contributed by atoms with van der Waals surface area (Å²) < 4.78 is 0. The molecule has 0 heterocycles. The third-order valence-corrected chi connectivity index (χ3v) is 2.13. The number of carbonyl (C=O) groups excluding carboxylic acids is 2. The van der Waals surface area contributed by atoms with Gasteiger partial charge in [-0.05, 0) is 23.8 Å². The van der Waals surface area contributed by atoms with E-state index in [0.29, 0.717) is 0 Å². The number of aliphatic carboxylic acids is 2. The van der Waals surface area contributed by atoms with Gasteiger partial charge >= 0.3 is 59.1 Å². The van der Waals surface area contributed by atoms with Crippen molar-refractivity contribution in [3.05, 3.63) is 33.8 Å². The van der Waals surface area contributed by atoms with Crippen LogP contribution in [-0.2, 0) is 9.59 Å². The molecule has 0 aliphatic rings. The molecule has 17 heavy (non-hydrogen) atoms. The van der Waals surface area contributed by atoms with Crippen LogP contribution in [0.2, 0.25) is 10.0 Å². The fourth-order valence-corrected chi connectivity index (χ4v) is 1.65. The van der Waals surface area contributed by atoms with Crippen LogP contribution in [0, 0.1) is 0 Å². The smallest absolute Gasteiger partial charge is 0.549 e. The van der Waals surface area contributed by atoms with Gasteiger partial charge in [-0.25, -0.2) is 0 Å². The third-order valence-electron chi connectivity index (χ3n) is 1.69. The molecule has 0 amide bonds. The van der Waals surface area contributed by atoms with Crippen molar-refractivity contribution in [3.63, 3.8) is 0 Å². The van der Waals surface area contributed by atoms with Crippen molar-refractivity contribution < 1.29 is 78.9 Å². The molecule has 0 N–H and O–H groups in total.